The summed E-state index contributed by atoms with van der Waals surface area (Å²) >= 11 is 0. The molecule has 4 heteroatoms. The summed E-state index contributed by atoms with van der Waals surface area (Å²) in [4.78, 5) is 11.9. The van der Waals surface area contributed by atoms with Crippen molar-refractivity contribution in [3.8, 4) is 0 Å². The SMILES string of the molecule is CCc1cnoc1C(=O)NCC1(CC)CCC1. The molecule has 0 bridgehead atoms. The van der Waals surface area contributed by atoms with Gasteiger partial charge >= 0.3 is 0 Å². The van der Waals surface area contributed by atoms with E-state index >= 15 is 0 Å². The molecule has 1 aromatic rings. The minimum atomic E-state index is -0.126. The van der Waals surface area contributed by atoms with Gasteiger partial charge in [0, 0.05) is 12.1 Å². The smallest absolute Gasteiger partial charge is 0.290 e. The van der Waals surface area contributed by atoms with Gasteiger partial charge in [0.1, 0.15) is 0 Å². The normalized spacial score (nSPS) is 17.5. The summed E-state index contributed by atoms with van der Waals surface area (Å²) in [5.41, 5.74) is 1.21. The maximum Gasteiger partial charge on any atom is 0.290 e. The number of aryl methyl sites for hydroxylation is 1. The Labute approximate surface area is 102 Å². The lowest BCUT2D eigenvalue weighted by atomic mass is 9.67. The van der Waals surface area contributed by atoms with Crippen LogP contribution in [-0.4, -0.2) is 17.6 Å². The number of carbonyl (C=O) groups is 1. The molecule has 1 aliphatic carbocycles. The lowest BCUT2D eigenvalue weighted by Gasteiger charge is -2.41. The summed E-state index contributed by atoms with van der Waals surface area (Å²) < 4.78 is 5.01. The predicted octanol–water partition coefficient (Wildman–Crippen LogP) is 2.55. The van der Waals surface area contributed by atoms with Gasteiger partial charge < -0.3 is 9.84 Å². The zero-order valence-corrected chi connectivity index (χ0v) is 10.6. The van der Waals surface area contributed by atoms with Gasteiger partial charge in [-0.2, -0.15) is 0 Å². The minimum Gasteiger partial charge on any atom is -0.351 e. The fraction of sp³-hybridized carbons (Fsp3) is 0.692. The van der Waals surface area contributed by atoms with Gasteiger partial charge in [-0.1, -0.05) is 25.4 Å². The average molecular weight is 236 g/mol. The molecule has 1 fully saturated rings. The Bertz CT molecular complexity index is 388. The molecule has 0 unspecified atom stereocenters. The molecule has 0 atom stereocenters. The van der Waals surface area contributed by atoms with E-state index in [2.05, 4.69) is 17.4 Å². The second-order valence-corrected chi connectivity index (χ2v) is 4.92. The van der Waals surface area contributed by atoms with Crippen molar-refractivity contribution in [3.63, 3.8) is 0 Å². The van der Waals surface area contributed by atoms with Crippen molar-refractivity contribution >= 4 is 5.91 Å². The molecule has 0 spiro atoms. The predicted molar refractivity (Wildman–Crippen MR) is 64.8 cm³/mol. The van der Waals surface area contributed by atoms with E-state index in [1.165, 1.54) is 19.3 Å². The number of nitrogens with zero attached hydrogens (tertiary/aromatic N) is 1. The van der Waals surface area contributed by atoms with Gasteiger partial charge in [-0.15, -0.1) is 0 Å². The first-order valence-electron chi connectivity index (χ1n) is 6.42. The van der Waals surface area contributed by atoms with E-state index in [0.29, 0.717) is 11.2 Å². The van der Waals surface area contributed by atoms with E-state index < -0.39 is 0 Å². The summed E-state index contributed by atoms with van der Waals surface area (Å²) in [6.45, 7) is 4.94. The monoisotopic (exact) mass is 236 g/mol. The highest BCUT2D eigenvalue weighted by atomic mass is 16.5. The Morgan fingerprint density at radius 1 is 1.53 bits per heavy atom. The Hall–Kier alpha value is -1.32. The number of carbonyl (C=O) groups excluding carboxylic acids is 1. The van der Waals surface area contributed by atoms with Crippen molar-refractivity contribution in [2.45, 2.75) is 46.0 Å². The summed E-state index contributed by atoms with van der Waals surface area (Å²) in [5, 5.41) is 6.66. The van der Waals surface area contributed by atoms with Crippen molar-refractivity contribution in [2.24, 2.45) is 5.41 Å². The van der Waals surface area contributed by atoms with Gasteiger partial charge in [-0.25, -0.2) is 0 Å². The molecule has 0 aliphatic heterocycles. The van der Waals surface area contributed by atoms with Crippen LogP contribution in [0.4, 0.5) is 0 Å². The summed E-state index contributed by atoms with van der Waals surface area (Å²) in [7, 11) is 0. The Morgan fingerprint density at radius 3 is 2.82 bits per heavy atom. The molecular formula is C13H20N2O2. The molecule has 1 saturated carbocycles. The first-order chi connectivity index (χ1) is 8.21. The van der Waals surface area contributed by atoms with Gasteiger partial charge in [0.05, 0.1) is 6.20 Å². The van der Waals surface area contributed by atoms with Crippen LogP contribution < -0.4 is 5.32 Å². The third-order valence-electron chi connectivity index (χ3n) is 4.02. The van der Waals surface area contributed by atoms with Crippen molar-refractivity contribution in [2.75, 3.05) is 6.54 Å². The molecule has 94 valence electrons. The van der Waals surface area contributed by atoms with E-state index in [4.69, 9.17) is 4.52 Å². The quantitative estimate of drug-likeness (QED) is 0.854. The van der Waals surface area contributed by atoms with Crippen LogP contribution in [0.25, 0.3) is 0 Å². The summed E-state index contributed by atoms with van der Waals surface area (Å²) in [6, 6.07) is 0. The molecule has 1 heterocycles. The highest BCUT2D eigenvalue weighted by Gasteiger charge is 2.35. The van der Waals surface area contributed by atoms with Gasteiger partial charge in [0.15, 0.2) is 0 Å². The van der Waals surface area contributed by atoms with Crippen LogP contribution in [-0.2, 0) is 6.42 Å². The number of nitrogens with one attached hydrogen (secondary N) is 1. The number of hydrogen-bond donors (Lipinski definition) is 1. The van der Waals surface area contributed by atoms with E-state index in [1.54, 1.807) is 6.20 Å². The molecule has 1 aromatic heterocycles. The van der Waals surface area contributed by atoms with Gasteiger partial charge in [-0.05, 0) is 31.1 Å². The molecule has 1 amide bonds. The standard InChI is InChI=1S/C13H20N2O2/c1-3-10-8-15-17-11(10)12(16)14-9-13(4-2)6-5-7-13/h8H,3-7,9H2,1-2H3,(H,14,16). The molecule has 1 aliphatic rings. The van der Waals surface area contributed by atoms with E-state index in [9.17, 15) is 4.79 Å². The first-order valence-corrected chi connectivity index (χ1v) is 6.42. The lowest BCUT2D eigenvalue weighted by molar-refractivity contribution is 0.0816. The Balaban J connectivity index is 1.93. The van der Waals surface area contributed by atoms with Crippen LogP contribution in [0, 0.1) is 5.41 Å². The third kappa shape index (κ3) is 2.35. The number of rotatable bonds is 5. The first kappa shape index (κ1) is 12.1. The zero-order chi connectivity index (χ0) is 12.3. The Kier molecular flexibility index (Phi) is 3.50. The zero-order valence-electron chi connectivity index (χ0n) is 10.6. The van der Waals surface area contributed by atoms with Crippen LogP contribution >= 0.6 is 0 Å². The van der Waals surface area contributed by atoms with Crippen LogP contribution in [0.5, 0.6) is 0 Å². The number of amides is 1. The molecule has 4 nitrogen and oxygen atoms in total. The molecule has 0 saturated heterocycles. The fourth-order valence-corrected chi connectivity index (χ4v) is 2.38. The average Bonchev–Trinajstić information content (AvgIpc) is 2.76. The van der Waals surface area contributed by atoms with Crippen LogP contribution in [0.3, 0.4) is 0 Å². The minimum absolute atomic E-state index is 0.126. The van der Waals surface area contributed by atoms with Gasteiger partial charge in [0.25, 0.3) is 5.91 Å². The largest absolute Gasteiger partial charge is 0.351 e. The van der Waals surface area contributed by atoms with Crippen LogP contribution in [0.15, 0.2) is 10.7 Å². The third-order valence-corrected chi connectivity index (χ3v) is 4.02. The molecule has 0 aromatic carbocycles. The van der Waals surface area contributed by atoms with E-state index in [1.807, 2.05) is 6.92 Å². The maximum atomic E-state index is 11.9. The molecular weight excluding hydrogens is 216 g/mol. The van der Waals surface area contributed by atoms with E-state index in [0.717, 1.165) is 24.9 Å². The van der Waals surface area contributed by atoms with E-state index in [-0.39, 0.29) is 5.91 Å². The second kappa shape index (κ2) is 4.90. The molecule has 17 heavy (non-hydrogen) atoms. The fourth-order valence-electron chi connectivity index (χ4n) is 2.38. The van der Waals surface area contributed by atoms with Crippen molar-refractivity contribution in [1.29, 1.82) is 0 Å². The topological polar surface area (TPSA) is 55.1 Å². The molecule has 2 rings (SSSR count). The van der Waals surface area contributed by atoms with Crippen molar-refractivity contribution in [3.05, 3.63) is 17.5 Å². The molecule has 0 radical (unpaired) electrons. The Morgan fingerprint density at radius 2 is 2.29 bits per heavy atom. The maximum absolute atomic E-state index is 11.9. The number of hydrogen-bond acceptors (Lipinski definition) is 3. The van der Waals surface area contributed by atoms with Crippen molar-refractivity contribution in [1.82, 2.24) is 10.5 Å². The van der Waals surface area contributed by atoms with Gasteiger partial charge in [0.2, 0.25) is 5.76 Å². The second-order valence-electron chi connectivity index (χ2n) is 4.92. The molecule has 1 N–H and O–H groups in total. The lowest BCUT2D eigenvalue weighted by Crippen LogP contribution is -2.41. The summed E-state index contributed by atoms with van der Waals surface area (Å²) in [5.74, 6) is 0.247. The van der Waals surface area contributed by atoms with Crippen LogP contribution in [0.1, 0.15) is 55.6 Å². The summed E-state index contributed by atoms with van der Waals surface area (Å²) in [6.07, 6.45) is 7.25. The highest BCUT2D eigenvalue weighted by molar-refractivity contribution is 5.92. The number of aromatic nitrogens is 1. The van der Waals surface area contributed by atoms with Gasteiger partial charge in [-0.3, -0.25) is 4.79 Å². The van der Waals surface area contributed by atoms with Crippen molar-refractivity contribution < 1.29 is 9.32 Å². The van der Waals surface area contributed by atoms with Crippen LogP contribution in [0.2, 0.25) is 0 Å². The highest BCUT2D eigenvalue weighted by Crippen LogP contribution is 2.43.